The highest BCUT2D eigenvalue weighted by Crippen LogP contribution is 2.25. The second-order valence-corrected chi connectivity index (χ2v) is 7.27. The van der Waals surface area contributed by atoms with Crippen LogP contribution in [0, 0.1) is 13.8 Å². The topological polar surface area (TPSA) is 60.2 Å². The van der Waals surface area contributed by atoms with Crippen LogP contribution in [-0.2, 0) is 9.53 Å². The molecule has 2 heterocycles. The van der Waals surface area contributed by atoms with E-state index in [1.54, 1.807) is 0 Å². The van der Waals surface area contributed by atoms with Gasteiger partial charge in [-0.3, -0.25) is 4.79 Å². The summed E-state index contributed by atoms with van der Waals surface area (Å²) in [6.45, 7) is 7.33. The fraction of sp³-hybridized carbons (Fsp3) is 0.833. The third-order valence-electron chi connectivity index (χ3n) is 5.26. The van der Waals surface area contributed by atoms with E-state index in [1.807, 2.05) is 30.4 Å². The Labute approximate surface area is 144 Å². The van der Waals surface area contributed by atoms with Crippen LogP contribution in [0.1, 0.15) is 69.6 Å². The maximum Gasteiger partial charge on any atom is 0.251 e. The number of amides is 1. The molecule has 0 N–H and O–H groups in total. The largest absolute Gasteiger partial charge is 0.365 e. The van der Waals surface area contributed by atoms with Crippen molar-refractivity contribution < 1.29 is 9.53 Å². The molecule has 2 unspecified atom stereocenters. The highest BCUT2D eigenvalue weighted by Gasteiger charge is 2.30. The molecule has 0 aromatic carbocycles. The fourth-order valence-corrected chi connectivity index (χ4v) is 4.04. The van der Waals surface area contributed by atoms with Crippen molar-refractivity contribution in [3.05, 3.63) is 11.6 Å². The Morgan fingerprint density at radius 3 is 2.58 bits per heavy atom. The first-order valence-electron chi connectivity index (χ1n) is 9.38. The first kappa shape index (κ1) is 17.4. The van der Waals surface area contributed by atoms with E-state index < -0.39 is 0 Å². The molecule has 0 spiro atoms. The fourth-order valence-electron chi connectivity index (χ4n) is 4.04. The van der Waals surface area contributed by atoms with Crippen molar-refractivity contribution in [2.45, 2.75) is 84.0 Å². The molecule has 134 valence electrons. The normalized spacial score (nSPS) is 24.1. The van der Waals surface area contributed by atoms with Crippen molar-refractivity contribution in [2.75, 3.05) is 13.1 Å². The van der Waals surface area contributed by atoms with Gasteiger partial charge in [-0.1, -0.05) is 19.3 Å². The number of nitrogens with zero attached hydrogens (tertiary/aromatic N) is 4. The second-order valence-electron chi connectivity index (χ2n) is 7.27. The van der Waals surface area contributed by atoms with Crippen LogP contribution in [0.2, 0.25) is 0 Å². The zero-order chi connectivity index (χ0) is 17.1. The van der Waals surface area contributed by atoms with Gasteiger partial charge in [0, 0.05) is 13.1 Å². The zero-order valence-electron chi connectivity index (χ0n) is 15.2. The highest BCUT2D eigenvalue weighted by molar-refractivity contribution is 5.80. The van der Waals surface area contributed by atoms with E-state index in [0.29, 0.717) is 6.54 Å². The number of carbonyl (C=O) groups excluding carboxylic acids is 1. The summed E-state index contributed by atoms with van der Waals surface area (Å²) >= 11 is 0. The van der Waals surface area contributed by atoms with Gasteiger partial charge in [-0.2, -0.15) is 5.10 Å². The Morgan fingerprint density at radius 1 is 1.17 bits per heavy atom. The van der Waals surface area contributed by atoms with Crippen LogP contribution >= 0.6 is 0 Å². The van der Waals surface area contributed by atoms with Gasteiger partial charge in [-0.05, 0) is 46.5 Å². The van der Waals surface area contributed by atoms with Gasteiger partial charge < -0.3 is 9.64 Å². The molecule has 1 aliphatic heterocycles. The van der Waals surface area contributed by atoms with Crippen molar-refractivity contribution in [2.24, 2.45) is 0 Å². The molecule has 0 bridgehead atoms. The highest BCUT2D eigenvalue weighted by atomic mass is 16.5. The van der Waals surface area contributed by atoms with E-state index in [-0.39, 0.29) is 24.2 Å². The van der Waals surface area contributed by atoms with E-state index in [4.69, 9.17) is 4.74 Å². The van der Waals surface area contributed by atoms with Gasteiger partial charge in [0.2, 0.25) is 0 Å². The molecular formula is C18H30N4O2. The Morgan fingerprint density at radius 2 is 1.92 bits per heavy atom. The van der Waals surface area contributed by atoms with Crippen molar-refractivity contribution in [1.29, 1.82) is 0 Å². The SMILES string of the molecule is Cc1nc(C)n(C2CCCN(C(=O)C(C)OC3CCCCC3)C2)n1. The monoisotopic (exact) mass is 334 g/mol. The third kappa shape index (κ3) is 3.97. The molecule has 1 aromatic rings. The summed E-state index contributed by atoms with van der Waals surface area (Å²) in [7, 11) is 0. The molecule has 3 rings (SSSR count). The summed E-state index contributed by atoms with van der Waals surface area (Å²) in [5, 5.41) is 4.50. The van der Waals surface area contributed by atoms with E-state index in [2.05, 4.69) is 10.1 Å². The lowest BCUT2D eigenvalue weighted by Crippen LogP contribution is -2.46. The van der Waals surface area contributed by atoms with Gasteiger partial charge in [0.25, 0.3) is 5.91 Å². The van der Waals surface area contributed by atoms with E-state index >= 15 is 0 Å². The molecule has 0 radical (unpaired) electrons. The molecule has 1 saturated heterocycles. The lowest BCUT2D eigenvalue weighted by Gasteiger charge is -2.35. The number of aryl methyl sites for hydroxylation is 2. The first-order valence-corrected chi connectivity index (χ1v) is 9.38. The maximum atomic E-state index is 12.8. The van der Waals surface area contributed by atoms with Crippen molar-refractivity contribution >= 4 is 5.91 Å². The standard InChI is InChI=1S/C18H30N4O2/c1-13(24-17-9-5-4-6-10-17)18(23)21-11-7-8-16(12-21)22-15(3)19-14(2)20-22/h13,16-17H,4-12H2,1-3H3. The number of ether oxygens (including phenoxy) is 1. The van der Waals surface area contributed by atoms with Crippen LogP contribution in [-0.4, -0.2) is 50.9 Å². The van der Waals surface area contributed by atoms with Crippen LogP contribution in [0.25, 0.3) is 0 Å². The smallest absolute Gasteiger partial charge is 0.251 e. The molecule has 1 aliphatic carbocycles. The number of rotatable bonds is 4. The summed E-state index contributed by atoms with van der Waals surface area (Å²) in [4.78, 5) is 19.1. The predicted molar refractivity (Wildman–Crippen MR) is 91.8 cm³/mol. The molecule has 2 aliphatic rings. The number of hydrogen-bond donors (Lipinski definition) is 0. The quantitative estimate of drug-likeness (QED) is 0.849. The van der Waals surface area contributed by atoms with E-state index in [0.717, 1.165) is 43.9 Å². The third-order valence-corrected chi connectivity index (χ3v) is 5.26. The van der Waals surface area contributed by atoms with Gasteiger partial charge in [-0.25, -0.2) is 9.67 Å². The van der Waals surface area contributed by atoms with Crippen LogP contribution in [0.15, 0.2) is 0 Å². The van der Waals surface area contributed by atoms with Crippen LogP contribution in [0.5, 0.6) is 0 Å². The van der Waals surface area contributed by atoms with Crippen molar-refractivity contribution in [3.8, 4) is 0 Å². The minimum Gasteiger partial charge on any atom is -0.365 e. The zero-order valence-corrected chi connectivity index (χ0v) is 15.2. The molecular weight excluding hydrogens is 304 g/mol. The lowest BCUT2D eigenvalue weighted by molar-refractivity contribution is -0.149. The molecule has 1 amide bonds. The van der Waals surface area contributed by atoms with Gasteiger partial charge in [0.1, 0.15) is 17.8 Å². The minimum absolute atomic E-state index is 0.125. The van der Waals surface area contributed by atoms with Gasteiger partial charge in [-0.15, -0.1) is 0 Å². The van der Waals surface area contributed by atoms with Gasteiger partial charge >= 0.3 is 0 Å². The maximum absolute atomic E-state index is 12.8. The van der Waals surface area contributed by atoms with Crippen LogP contribution in [0.3, 0.4) is 0 Å². The number of piperidine rings is 1. The van der Waals surface area contributed by atoms with E-state index in [1.165, 1.54) is 19.3 Å². The molecule has 2 atom stereocenters. The molecule has 6 nitrogen and oxygen atoms in total. The number of aromatic nitrogens is 3. The summed E-state index contributed by atoms with van der Waals surface area (Å²) in [5.41, 5.74) is 0. The summed E-state index contributed by atoms with van der Waals surface area (Å²) in [6, 6.07) is 0.228. The molecule has 2 fully saturated rings. The van der Waals surface area contributed by atoms with Gasteiger partial charge in [0.05, 0.1) is 12.1 Å². The molecule has 6 heteroatoms. The average Bonchev–Trinajstić information content (AvgIpc) is 2.93. The number of carbonyl (C=O) groups is 1. The second kappa shape index (κ2) is 7.64. The Kier molecular flexibility index (Phi) is 5.54. The van der Waals surface area contributed by atoms with Crippen molar-refractivity contribution in [3.63, 3.8) is 0 Å². The minimum atomic E-state index is -0.342. The lowest BCUT2D eigenvalue weighted by atomic mass is 9.97. The predicted octanol–water partition coefficient (Wildman–Crippen LogP) is 2.80. The average molecular weight is 334 g/mol. The van der Waals surface area contributed by atoms with Gasteiger partial charge in [0.15, 0.2) is 0 Å². The molecule has 1 aromatic heterocycles. The van der Waals surface area contributed by atoms with Crippen LogP contribution in [0.4, 0.5) is 0 Å². The Bertz CT molecular complexity index is 565. The molecule has 24 heavy (non-hydrogen) atoms. The van der Waals surface area contributed by atoms with Crippen LogP contribution < -0.4 is 0 Å². The van der Waals surface area contributed by atoms with Crippen molar-refractivity contribution in [1.82, 2.24) is 19.7 Å². The number of hydrogen-bond acceptors (Lipinski definition) is 4. The Hall–Kier alpha value is -1.43. The first-order chi connectivity index (χ1) is 11.5. The summed E-state index contributed by atoms with van der Waals surface area (Å²) < 4.78 is 8.04. The molecule has 1 saturated carbocycles. The summed E-state index contributed by atoms with van der Waals surface area (Å²) in [6.07, 6.45) is 7.91. The number of likely N-dealkylation sites (tertiary alicyclic amines) is 1. The Balaban J connectivity index is 1.59. The summed E-state index contributed by atoms with van der Waals surface area (Å²) in [5.74, 6) is 1.85. The van der Waals surface area contributed by atoms with E-state index in [9.17, 15) is 4.79 Å².